The van der Waals surface area contributed by atoms with Crippen LogP contribution >= 0.6 is 0 Å². The number of rotatable bonds is 5. The van der Waals surface area contributed by atoms with Crippen LogP contribution in [0, 0.1) is 23.7 Å². The topological polar surface area (TPSA) is 12.0 Å². The van der Waals surface area contributed by atoms with Gasteiger partial charge in [-0.25, -0.2) is 0 Å². The Kier molecular flexibility index (Phi) is 2.34. The molecular formula is C12H19N. The Bertz CT molecular complexity index is 218. The molecule has 0 amide bonds. The largest absolute Gasteiger partial charge is 0.303 e. The molecule has 0 aromatic rings. The van der Waals surface area contributed by atoms with Crippen LogP contribution in [0.1, 0.15) is 39.0 Å². The van der Waals surface area contributed by atoms with Crippen molar-refractivity contribution in [1.82, 2.24) is 5.32 Å². The van der Waals surface area contributed by atoms with Gasteiger partial charge in [0.25, 0.3) is 0 Å². The van der Waals surface area contributed by atoms with E-state index in [0.717, 1.165) is 12.3 Å². The Balaban J connectivity index is 1.75. The number of terminal acetylenes is 1. The summed E-state index contributed by atoms with van der Waals surface area (Å²) in [5, 5.41) is 3.51. The number of hydrogen-bond acceptors (Lipinski definition) is 1. The zero-order valence-corrected chi connectivity index (χ0v) is 8.47. The van der Waals surface area contributed by atoms with Crippen LogP contribution in [-0.2, 0) is 0 Å². The minimum atomic E-state index is 0.302. The lowest BCUT2D eigenvalue weighted by Gasteiger charge is -2.18. The lowest BCUT2D eigenvalue weighted by atomic mass is 10.0. The van der Waals surface area contributed by atoms with Crippen molar-refractivity contribution in [2.24, 2.45) is 11.3 Å². The zero-order valence-electron chi connectivity index (χ0n) is 8.47. The van der Waals surface area contributed by atoms with Crippen molar-refractivity contribution in [3.63, 3.8) is 0 Å². The van der Waals surface area contributed by atoms with Gasteiger partial charge >= 0.3 is 0 Å². The van der Waals surface area contributed by atoms with Gasteiger partial charge in [-0.2, -0.15) is 0 Å². The molecule has 1 atom stereocenters. The lowest BCUT2D eigenvalue weighted by Crippen LogP contribution is -2.33. The second-order valence-corrected chi connectivity index (χ2v) is 4.65. The third kappa shape index (κ3) is 1.89. The predicted molar refractivity (Wildman–Crippen MR) is 55.3 cm³/mol. The summed E-state index contributed by atoms with van der Waals surface area (Å²) in [7, 11) is 0. The molecule has 0 saturated heterocycles. The van der Waals surface area contributed by atoms with Crippen molar-refractivity contribution in [3.8, 4) is 12.3 Å². The molecule has 0 aromatic carbocycles. The highest BCUT2D eigenvalue weighted by Crippen LogP contribution is 2.60. The van der Waals surface area contributed by atoms with E-state index in [9.17, 15) is 0 Å². The van der Waals surface area contributed by atoms with Crippen LogP contribution < -0.4 is 5.32 Å². The molecule has 2 fully saturated rings. The van der Waals surface area contributed by atoms with Crippen LogP contribution in [0.4, 0.5) is 0 Å². The second kappa shape index (κ2) is 3.35. The predicted octanol–water partition coefficient (Wildman–Crippen LogP) is 2.18. The van der Waals surface area contributed by atoms with E-state index in [1.54, 1.807) is 0 Å². The summed E-state index contributed by atoms with van der Waals surface area (Å²) in [5.41, 5.74) is 0.685. The highest BCUT2D eigenvalue weighted by Gasteiger charge is 2.53. The summed E-state index contributed by atoms with van der Waals surface area (Å²) in [6.07, 6.45) is 12.3. The molecule has 0 radical (unpaired) electrons. The minimum absolute atomic E-state index is 0.302. The Morgan fingerprint density at radius 1 is 1.54 bits per heavy atom. The SMILES string of the molecule is C#CC(CC)NCC1(C2CC2)CC1. The molecule has 2 rings (SSSR count). The summed E-state index contributed by atoms with van der Waals surface area (Å²) < 4.78 is 0. The van der Waals surface area contributed by atoms with Gasteiger partial charge in [-0.05, 0) is 43.4 Å². The lowest BCUT2D eigenvalue weighted by molar-refractivity contribution is 0.389. The fourth-order valence-electron chi connectivity index (χ4n) is 2.23. The van der Waals surface area contributed by atoms with Gasteiger partial charge in [0, 0.05) is 6.54 Å². The van der Waals surface area contributed by atoms with E-state index in [1.165, 1.54) is 32.2 Å². The van der Waals surface area contributed by atoms with E-state index in [-0.39, 0.29) is 0 Å². The first-order chi connectivity index (χ1) is 6.30. The van der Waals surface area contributed by atoms with E-state index >= 15 is 0 Å². The maximum Gasteiger partial charge on any atom is 0.0684 e. The Morgan fingerprint density at radius 2 is 2.23 bits per heavy atom. The van der Waals surface area contributed by atoms with Crippen molar-refractivity contribution in [2.75, 3.05) is 6.54 Å². The molecular weight excluding hydrogens is 158 g/mol. The Morgan fingerprint density at radius 3 is 2.62 bits per heavy atom. The van der Waals surface area contributed by atoms with Gasteiger partial charge in [-0.3, -0.25) is 0 Å². The normalized spacial score (nSPS) is 26.5. The molecule has 0 heterocycles. The zero-order chi connectivity index (χ0) is 9.31. The molecule has 13 heavy (non-hydrogen) atoms. The van der Waals surface area contributed by atoms with Gasteiger partial charge < -0.3 is 5.32 Å². The summed E-state index contributed by atoms with van der Waals surface area (Å²) in [5.74, 6) is 3.84. The molecule has 0 aromatic heterocycles. The monoisotopic (exact) mass is 177 g/mol. The second-order valence-electron chi connectivity index (χ2n) is 4.65. The summed E-state index contributed by atoms with van der Waals surface area (Å²) in [6.45, 7) is 3.31. The third-order valence-electron chi connectivity index (χ3n) is 3.65. The molecule has 0 aliphatic heterocycles. The third-order valence-corrected chi connectivity index (χ3v) is 3.65. The number of nitrogens with one attached hydrogen (secondary N) is 1. The van der Waals surface area contributed by atoms with E-state index in [0.29, 0.717) is 11.5 Å². The molecule has 2 aliphatic rings. The van der Waals surface area contributed by atoms with Crippen LogP contribution in [0.25, 0.3) is 0 Å². The van der Waals surface area contributed by atoms with Gasteiger partial charge in [-0.15, -0.1) is 6.42 Å². The van der Waals surface area contributed by atoms with Crippen molar-refractivity contribution in [3.05, 3.63) is 0 Å². The molecule has 0 spiro atoms. The average Bonchev–Trinajstić information content (AvgIpc) is 3.01. The Labute approximate surface area is 81.3 Å². The molecule has 1 unspecified atom stereocenters. The minimum Gasteiger partial charge on any atom is -0.303 e. The molecule has 1 heteroatoms. The molecule has 2 aliphatic carbocycles. The van der Waals surface area contributed by atoms with Crippen LogP contribution in [-0.4, -0.2) is 12.6 Å². The van der Waals surface area contributed by atoms with Crippen LogP contribution in [0.2, 0.25) is 0 Å². The van der Waals surface area contributed by atoms with Crippen LogP contribution in [0.15, 0.2) is 0 Å². The van der Waals surface area contributed by atoms with Gasteiger partial charge in [0.2, 0.25) is 0 Å². The standard InChI is InChI=1S/C12H19N/c1-3-11(4-2)13-9-12(7-8-12)10-5-6-10/h1,10-11,13H,4-9H2,2H3. The van der Waals surface area contributed by atoms with Crippen LogP contribution in [0.3, 0.4) is 0 Å². The van der Waals surface area contributed by atoms with Crippen molar-refractivity contribution < 1.29 is 0 Å². The van der Waals surface area contributed by atoms with Gasteiger partial charge in [0.05, 0.1) is 6.04 Å². The maximum absolute atomic E-state index is 5.41. The van der Waals surface area contributed by atoms with Crippen molar-refractivity contribution >= 4 is 0 Å². The fraction of sp³-hybridized carbons (Fsp3) is 0.833. The van der Waals surface area contributed by atoms with Gasteiger partial charge in [0.1, 0.15) is 0 Å². The van der Waals surface area contributed by atoms with E-state index < -0.39 is 0 Å². The van der Waals surface area contributed by atoms with E-state index in [2.05, 4.69) is 18.2 Å². The quantitative estimate of drug-likeness (QED) is 0.635. The number of hydrogen-bond donors (Lipinski definition) is 1. The maximum atomic E-state index is 5.41. The first-order valence-corrected chi connectivity index (χ1v) is 5.50. The molecule has 2 saturated carbocycles. The highest BCUT2D eigenvalue weighted by molar-refractivity contribution is 5.07. The molecule has 0 bridgehead atoms. The Hall–Kier alpha value is -0.480. The summed E-state index contributed by atoms with van der Waals surface area (Å²) in [6, 6.07) is 0.302. The van der Waals surface area contributed by atoms with Crippen molar-refractivity contribution in [2.45, 2.75) is 45.1 Å². The highest BCUT2D eigenvalue weighted by atomic mass is 14.9. The summed E-state index contributed by atoms with van der Waals surface area (Å²) in [4.78, 5) is 0. The first-order valence-electron chi connectivity index (χ1n) is 5.50. The molecule has 1 N–H and O–H groups in total. The molecule has 1 nitrogen and oxygen atoms in total. The first kappa shape index (κ1) is 9.09. The fourth-order valence-corrected chi connectivity index (χ4v) is 2.23. The van der Waals surface area contributed by atoms with Gasteiger partial charge in [-0.1, -0.05) is 12.8 Å². The van der Waals surface area contributed by atoms with Crippen molar-refractivity contribution in [1.29, 1.82) is 0 Å². The van der Waals surface area contributed by atoms with Gasteiger partial charge in [0.15, 0.2) is 0 Å². The smallest absolute Gasteiger partial charge is 0.0684 e. The van der Waals surface area contributed by atoms with E-state index in [4.69, 9.17) is 6.42 Å². The van der Waals surface area contributed by atoms with E-state index in [1.807, 2.05) is 0 Å². The summed E-state index contributed by atoms with van der Waals surface area (Å²) >= 11 is 0. The molecule has 72 valence electrons. The average molecular weight is 177 g/mol. The van der Waals surface area contributed by atoms with Crippen LogP contribution in [0.5, 0.6) is 0 Å².